The molecule has 9 aromatic rings. The second-order valence-electron chi connectivity index (χ2n) is 10.7. The third-order valence-electron chi connectivity index (χ3n) is 8.12. The van der Waals surface area contributed by atoms with Gasteiger partial charge in [0, 0.05) is 53.8 Å². The van der Waals surface area contributed by atoms with E-state index in [0.717, 1.165) is 43.6 Å². The summed E-state index contributed by atoms with van der Waals surface area (Å²) in [5.41, 5.74) is 6.11. The molecule has 5 nitrogen and oxygen atoms in total. The van der Waals surface area contributed by atoms with Crippen LogP contribution in [0.2, 0.25) is 0 Å². The highest BCUT2D eigenvalue weighted by Gasteiger charge is 2.20. The number of nitrogens with zero attached hydrogens (tertiary/aromatic N) is 5. The standard InChI is InChI=1S/C38H23N5S/c1-3-12-24(13-4-1)35-40-36(25-14-5-2-6-15-25)42-37(41-35)29-18-9-17-28-33-31(21-10-22-32(33)44-34(28)29)43-30-20-8-7-16-26(30)27-19-11-23-39-38(27)43/h1-23H. The largest absolute Gasteiger partial charge is 0.293 e. The number of hydrogen-bond acceptors (Lipinski definition) is 5. The number of thiophene rings is 1. The average Bonchev–Trinajstić information content (AvgIpc) is 3.65. The molecular formula is C38H23N5S. The van der Waals surface area contributed by atoms with E-state index in [1.165, 1.54) is 20.9 Å². The normalized spacial score (nSPS) is 11.6. The second-order valence-corrected chi connectivity index (χ2v) is 11.8. The molecule has 0 bridgehead atoms. The lowest BCUT2D eigenvalue weighted by Gasteiger charge is -2.10. The summed E-state index contributed by atoms with van der Waals surface area (Å²) in [7, 11) is 0. The van der Waals surface area contributed by atoms with Gasteiger partial charge in [0.1, 0.15) is 5.65 Å². The maximum atomic E-state index is 5.04. The molecule has 0 aliphatic carbocycles. The summed E-state index contributed by atoms with van der Waals surface area (Å²) >= 11 is 1.77. The molecule has 0 amide bonds. The molecule has 0 radical (unpaired) electrons. The van der Waals surface area contributed by atoms with Gasteiger partial charge in [-0.05, 0) is 36.4 Å². The Morgan fingerprint density at radius 3 is 1.91 bits per heavy atom. The summed E-state index contributed by atoms with van der Waals surface area (Å²) in [6, 6.07) is 45.9. The Labute approximate surface area is 256 Å². The van der Waals surface area contributed by atoms with Crippen molar-refractivity contribution in [1.29, 1.82) is 0 Å². The van der Waals surface area contributed by atoms with Crippen molar-refractivity contribution in [3.8, 4) is 39.9 Å². The van der Waals surface area contributed by atoms with Crippen molar-refractivity contribution in [2.75, 3.05) is 0 Å². The first-order chi connectivity index (χ1) is 21.8. The summed E-state index contributed by atoms with van der Waals surface area (Å²) in [4.78, 5) is 19.8. The Morgan fingerprint density at radius 1 is 0.500 bits per heavy atom. The fraction of sp³-hybridized carbons (Fsp3) is 0. The summed E-state index contributed by atoms with van der Waals surface area (Å²) in [5.74, 6) is 1.98. The van der Waals surface area contributed by atoms with Gasteiger partial charge in [0.25, 0.3) is 0 Å². The zero-order chi connectivity index (χ0) is 29.0. The van der Waals surface area contributed by atoms with E-state index in [2.05, 4.69) is 71.3 Å². The third-order valence-corrected chi connectivity index (χ3v) is 9.32. The Kier molecular flexibility index (Phi) is 5.61. The minimum Gasteiger partial charge on any atom is -0.293 e. The predicted molar refractivity (Wildman–Crippen MR) is 181 cm³/mol. The topological polar surface area (TPSA) is 56.5 Å². The third kappa shape index (κ3) is 3.85. The molecule has 4 heterocycles. The van der Waals surface area contributed by atoms with Crippen molar-refractivity contribution in [2.45, 2.75) is 0 Å². The smallest absolute Gasteiger partial charge is 0.165 e. The molecule has 0 aliphatic rings. The molecule has 0 fully saturated rings. The van der Waals surface area contributed by atoms with Crippen LogP contribution in [0.1, 0.15) is 0 Å². The molecule has 0 aliphatic heterocycles. The number of pyridine rings is 1. The lowest BCUT2D eigenvalue weighted by Crippen LogP contribution is -2.00. The predicted octanol–water partition coefficient (Wildman–Crippen LogP) is 9.73. The molecule has 0 unspecified atom stereocenters. The summed E-state index contributed by atoms with van der Waals surface area (Å²) in [6.45, 7) is 0. The van der Waals surface area contributed by atoms with E-state index in [1.54, 1.807) is 11.3 Å². The second kappa shape index (κ2) is 9.93. The molecule has 4 aromatic heterocycles. The van der Waals surface area contributed by atoms with Gasteiger partial charge < -0.3 is 0 Å². The highest BCUT2D eigenvalue weighted by atomic mass is 32.1. The minimum absolute atomic E-state index is 0.657. The summed E-state index contributed by atoms with van der Waals surface area (Å²) in [5, 5.41) is 4.71. The molecule has 0 saturated heterocycles. The van der Waals surface area contributed by atoms with Crippen molar-refractivity contribution in [2.24, 2.45) is 0 Å². The molecule has 0 N–H and O–H groups in total. The van der Waals surface area contributed by atoms with Gasteiger partial charge in [-0.1, -0.05) is 97.1 Å². The van der Waals surface area contributed by atoms with Crippen molar-refractivity contribution in [3.63, 3.8) is 0 Å². The maximum Gasteiger partial charge on any atom is 0.165 e. The van der Waals surface area contributed by atoms with E-state index < -0.39 is 0 Å². The number of benzene rings is 5. The fourth-order valence-corrected chi connectivity index (χ4v) is 7.39. The number of aromatic nitrogens is 5. The van der Waals surface area contributed by atoms with Crippen molar-refractivity contribution in [1.82, 2.24) is 24.5 Å². The maximum absolute atomic E-state index is 5.04. The molecule has 5 aromatic carbocycles. The lowest BCUT2D eigenvalue weighted by molar-refractivity contribution is 1.08. The lowest BCUT2D eigenvalue weighted by atomic mass is 10.1. The van der Waals surface area contributed by atoms with E-state index in [-0.39, 0.29) is 0 Å². The number of rotatable bonds is 4. The molecule has 0 atom stereocenters. The van der Waals surface area contributed by atoms with Gasteiger partial charge in [0.2, 0.25) is 0 Å². The van der Waals surface area contributed by atoms with Gasteiger partial charge >= 0.3 is 0 Å². The van der Waals surface area contributed by atoms with Crippen molar-refractivity contribution in [3.05, 3.63) is 140 Å². The van der Waals surface area contributed by atoms with Crippen LogP contribution in [-0.2, 0) is 0 Å². The van der Waals surface area contributed by atoms with E-state index in [9.17, 15) is 0 Å². The SMILES string of the molecule is c1ccc(-c2nc(-c3ccccc3)nc(-c3cccc4c3sc3cccc(-n5c6ccccc6c6cccnc65)c34)n2)cc1. The van der Waals surface area contributed by atoms with E-state index in [0.29, 0.717) is 17.5 Å². The van der Waals surface area contributed by atoms with E-state index in [1.807, 2.05) is 72.9 Å². The monoisotopic (exact) mass is 581 g/mol. The first-order valence-electron chi connectivity index (χ1n) is 14.5. The van der Waals surface area contributed by atoms with E-state index >= 15 is 0 Å². The van der Waals surface area contributed by atoms with Crippen LogP contribution in [0.5, 0.6) is 0 Å². The number of hydrogen-bond donors (Lipinski definition) is 0. The van der Waals surface area contributed by atoms with Gasteiger partial charge in [-0.15, -0.1) is 11.3 Å². The highest BCUT2D eigenvalue weighted by molar-refractivity contribution is 7.26. The van der Waals surface area contributed by atoms with Crippen LogP contribution in [0.15, 0.2) is 140 Å². The van der Waals surface area contributed by atoms with Gasteiger partial charge in [-0.25, -0.2) is 19.9 Å². The molecule has 0 saturated carbocycles. The molecule has 0 spiro atoms. The number of para-hydroxylation sites is 1. The van der Waals surface area contributed by atoms with Crippen LogP contribution in [0.3, 0.4) is 0 Å². The van der Waals surface area contributed by atoms with Crippen LogP contribution in [0.25, 0.3) is 82.0 Å². The zero-order valence-corrected chi connectivity index (χ0v) is 24.2. The van der Waals surface area contributed by atoms with Crippen molar-refractivity contribution >= 4 is 53.4 Å². The number of fused-ring (bicyclic) bond motifs is 6. The highest BCUT2D eigenvalue weighted by Crippen LogP contribution is 2.43. The molecular weight excluding hydrogens is 559 g/mol. The first kappa shape index (κ1) is 24.8. The zero-order valence-electron chi connectivity index (χ0n) is 23.4. The Morgan fingerprint density at radius 2 is 1.14 bits per heavy atom. The van der Waals surface area contributed by atoms with Crippen LogP contribution in [0.4, 0.5) is 0 Å². The first-order valence-corrected chi connectivity index (χ1v) is 15.3. The Bertz CT molecular complexity index is 2390. The van der Waals surface area contributed by atoms with Gasteiger partial charge in [0.05, 0.1) is 11.2 Å². The minimum atomic E-state index is 0.657. The van der Waals surface area contributed by atoms with Crippen molar-refractivity contribution < 1.29 is 0 Å². The molecule has 44 heavy (non-hydrogen) atoms. The van der Waals surface area contributed by atoms with Crippen LogP contribution < -0.4 is 0 Å². The Balaban J connectivity index is 1.32. The van der Waals surface area contributed by atoms with E-state index in [4.69, 9.17) is 19.9 Å². The summed E-state index contributed by atoms with van der Waals surface area (Å²) in [6.07, 6.45) is 1.87. The summed E-state index contributed by atoms with van der Waals surface area (Å²) < 4.78 is 4.65. The van der Waals surface area contributed by atoms with Gasteiger partial charge in [-0.2, -0.15) is 0 Å². The molecule has 9 rings (SSSR count). The van der Waals surface area contributed by atoms with Gasteiger partial charge in [-0.3, -0.25) is 4.57 Å². The molecule has 6 heteroatoms. The fourth-order valence-electron chi connectivity index (χ4n) is 6.16. The quantitative estimate of drug-likeness (QED) is 0.208. The van der Waals surface area contributed by atoms with Crippen LogP contribution >= 0.6 is 11.3 Å². The average molecular weight is 582 g/mol. The van der Waals surface area contributed by atoms with Crippen LogP contribution in [0, 0.1) is 0 Å². The Hall–Kier alpha value is -5.72. The van der Waals surface area contributed by atoms with Gasteiger partial charge in [0.15, 0.2) is 17.5 Å². The molecule has 206 valence electrons. The van der Waals surface area contributed by atoms with Crippen LogP contribution in [-0.4, -0.2) is 24.5 Å².